The number of rotatable bonds is 7. The van der Waals surface area contributed by atoms with Crippen LogP contribution >= 0.6 is 0 Å². The molecule has 110 valence electrons. The zero-order chi connectivity index (χ0) is 14.6. The monoisotopic (exact) mass is 287 g/mol. The highest BCUT2D eigenvalue weighted by molar-refractivity contribution is 7.89. The fraction of sp³-hybridized carbons (Fsp3) is 0.769. The van der Waals surface area contributed by atoms with E-state index >= 15 is 0 Å². The lowest BCUT2D eigenvalue weighted by molar-refractivity contribution is 0.409. The smallest absolute Gasteiger partial charge is 0.246 e. The fourth-order valence-electron chi connectivity index (χ4n) is 1.97. The Morgan fingerprint density at radius 3 is 2.16 bits per heavy atom. The van der Waals surface area contributed by atoms with E-state index in [0.717, 1.165) is 12.8 Å². The summed E-state index contributed by atoms with van der Waals surface area (Å²) in [5.41, 5.74) is 0.575. The Morgan fingerprint density at radius 2 is 1.79 bits per heavy atom. The standard InChI is InChI=1S/C13H25N3O2S/c1-6-8-15(9-7-2)19(17,18)13-10-16(11(3)4)14-12(13)5/h10-11H,6-9H2,1-5H3. The quantitative estimate of drug-likeness (QED) is 0.774. The van der Waals surface area contributed by atoms with Gasteiger partial charge in [-0.25, -0.2) is 8.42 Å². The van der Waals surface area contributed by atoms with Crippen molar-refractivity contribution in [2.24, 2.45) is 0 Å². The normalized spacial score (nSPS) is 12.6. The zero-order valence-corrected chi connectivity index (χ0v) is 13.4. The van der Waals surface area contributed by atoms with Gasteiger partial charge in [0.25, 0.3) is 0 Å². The first-order valence-electron chi connectivity index (χ1n) is 6.90. The highest BCUT2D eigenvalue weighted by atomic mass is 32.2. The second kappa shape index (κ2) is 6.52. The molecule has 1 heterocycles. The predicted molar refractivity (Wildman–Crippen MR) is 76.7 cm³/mol. The van der Waals surface area contributed by atoms with Gasteiger partial charge in [0.2, 0.25) is 10.0 Å². The van der Waals surface area contributed by atoms with Crippen molar-refractivity contribution in [1.82, 2.24) is 14.1 Å². The lowest BCUT2D eigenvalue weighted by atomic mass is 10.4. The van der Waals surface area contributed by atoms with Crippen molar-refractivity contribution in [2.75, 3.05) is 13.1 Å². The second-order valence-corrected chi connectivity index (χ2v) is 6.96. The maximum Gasteiger partial charge on any atom is 0.246 e. The number of aryl methyl sites for hydroxylation is 1. The van der Waals surface area contributed by atoms with Crippen LogP contribution in [0.3, 0.4) is 0 Å². The Labute approximate surface area is 116 Å². The van der Waals surface area contributed by atoms with E-state index in [9.17, 15) is 8.42 Å². The topological polar surface area (TPSA) is 55.2 Å². The molecular weight excluding hydrogens is 262 g/mol. The van der Waals surface area contributed by atoms with E-state index in [1.54, 1.807) is 22.1 Å². The lowest BCUT2D eigenvalue weighted by Crippen LogP contribution is -2.32. The first-order valence-corrected chi connectivity index (χ1v) is 8.34. The van der Waals surface area contributed by atoms with Crippen LogP contribution in [0.25, 0.3) is 0 Å². The molecule has 0 spiro atoms. The third-order valence-electron chi connectivity index (χ3n) is 2.96. The van der Waals surface area contributed by atoms with Gasteiger partial charge in [-0.1, -0.05) is 13.8 Å². The van der Waals surface area contributed by atoms with Crippen molar-refractivity contribution in [3.8, 4) is 0 Å². The maximum absolute atomic E-state index is 12.6. The van der Waals surface area contributed by atoms with Crippen LogP contribution < -0.4 is 0 Å². The van der Waals surface area contributed by atoms with E-state index in [0.29, 0.717) is 23.7 Å². The minimum absolute atomic E-state index is 0.161. The second-order valence-electron chi connectivity index (χ2n) is 5.06. The van der Waals surface area contributed by atoms with Gasteiger partial charge in [-0.3, -0.25) is 4.68 Å². The Bertz CT molecular complexity index is 500. The molecule has 0 atom stereocenters. The SMILES string of the molecule is CCCN(CCC)S(=O)(=O)c1cn(C(C)C)nc1C. The molecule has 0 amide bonds. The molecule has 19 heavy (non-hydrogen) atoms. The van der Waals surface area contributed by atoms with Gasteiger partial charge in [0.05, 0.1) is 5.69 Å². The lowest BCUT2D eigenvalue weighted by Gasteiger charge is -2.20. The summed E-state index contributed by atoms with van der Waals surface area (Å²) in [5.74, 6) is 0. The molecule has 0 bridgehead atoms. The third kappa shape index (κ3) is 3.57. The molecule has 0 aliphatic carbocycles. The summed E-state index contributed by atoms with van der Waals surface area (Å²) >= 11 is 0. The molecule has 0 saturated heterocycles. The summed E-state index contributed by atoms with van der Waals surface area (Å²) in [6.45, 7) is 10.8. The highest BCUT2D eigenvalue weighted by Crippen LogP contribution is 2.21. The van der Waals surface area contributed by atoms with Crippen molar-refractivity contribution in [3.63, 3.8) is 0 Å². The van der Waals surface area contributed by atoms with E-state index in [-0.39, 0.29) is 6.04 Å². The van der Waals surface area contributed by atoms with Gasteiger partial charge in [0.1, 0.15) is 4.90 Å². The molecule has 6 heteroatoms. The molecule has 0 aromatic carbocycles. The van der Waals surface area contributed by atoms with E-state index in [4.69, 9.17) is 0 Å². The van der Waals surface area contributed by atoms with E-state index in [2.05, 4.69) is 5.10 Å². The molecular formula is C13H25N3O2S. The Kier molecular flexibility index (Phi) is 5.55. The van der Waals surface area contributed by atoms with Crippen molar-refractivity contribution in [3.05, 3.63) is 11.9 Å². The average molecular weight is 287 g/mol. The summed E-state index contributed by atoms with van der Waals surface area (Å²) in [4.78, 5) is 0.336. The Morgan fingerprint density at radius 1 is 1.26 bits per heavy atom. The molecule has 0 unspecified atom stereocenters. The minimum atomic E-state index is -3.42. The van der Waals surface area contributed by atoms with Crippen molar-refractivity contribution >= 4 is 10.0 Å². The number of hydrogen-bond acceptors (Lipinski definition) is 3. The van der Waals surface area contributed by atoms with Gasteiger partial charge < -0.3 is 0 Å². The predicted octanol–water partition coefficient (Wildman–Crippen LogP) is 2.58. The van der Waals surface area contributed by atoms with Gasteiger partial charge in [-0.2, -0.15) is 9.40 Å². The van der Waals surface area contributed by atoms with Crippen LogP contribution in [0, 0.1) is 6.92 Å². The molecule has 1 aromatic rings. The first kappa shape index (κ1) is 16.2. The van der Waals surface area contributed by atoms with Crippen LogP contribution in [0.5, 0.6) is 0 Å². The summed E-state index contributed by atoms with van der Waals surface area (Å²) in [6.07, 6.45) is 3.28. The van der Waals surface area contributed by atoms with Gasteiger partial charge in [-0.05, 0) is 33.6 Å². The third-order valence-corrected chi connectivity index (χ3v) is 4.97. The van der Waals surface area contributed by atoms with Crippen LogP contribution in [0.4, 0.5) is 0 Å². The maximum atomic E-state index is 12.6. The minimum Gasteiger partial charge on any atom is -0.269 e. The molecule has 5 nitrogen and oxygen atoms in total. The van der Waals surface area contributed by atoms with Gasteiger partial charge >= 0.3 is 0 Å². The largest absolute Gasteiger partial charge is 0.269 e. The van der Waals surface area contributed by atoms with Crippen LogP contribution in [0.1, 0.15) is 52.3 Å². The van der Waals surface area contributed by atoms with E-state index < -0.39 is 10.0 Å². The zero-order valence-electron chi connectivity index (χ0n) is 12.5. The number of sulfonamides is 1. The molecule has 0 aliphatic heterocycles. The fourth-order valence-corrected chi connectivity index (χ4v) is 3.75. The Hall–Kier alpha value is -0.880. The van der Waals surface area contributed by atoms with Crippen molar-refractivity contribution in [1.29, 1.82) is 0 Å². The van der Waals surface area contributed by atoms with Crippen LogP contribution in [0.2, 0.25) is 0 Å². The Balaban J connectivity index is 3.17. The molecule has 0 N–H and O–H groups in total. The van der Waals surface area contributed by atoms with Crippen LogP contribution in [-0.4, -0.2) is 35.6 Å². The van der Waals surface area contributed by atoms with E-state index in [1.165, 1.54) is 0 Å². The van der Waals surface area contributed by atoms with Crippen molar-refractivity contribution < 1.29 is 8.42 Å². The molecule has 0 radical (unpaired) electrons. The number of nitrogens with zero attached hydrogens (tertiary/aromatic N) is 3. The molecule has 0 saturated carbocycles. The summed E-state index contributed by atoms with van der Waals surface area (Å²) in [6, 6.07) is 0.161. The molecule has 1 rings (SSSR count). The van der Waals surface area contributed by atoms with Crippen molar-refractivity contribution in [2.45, 2.75) is 58.4 Å². The molecule has 1 aromatic heterocycles. The average Bonchev–Trinajstić information content (AvgIpc) is 2.72. The van der Waals surface area contributed by atoms with Crippen LogP contribution in [0.15, 0.2) is 11.1 Å². The first-order chi connectivity index (χ1) is 8.84. The number of hydrogen-bond donors (Lipinski definition) is 0. The molecule has 0 fully saturated rings. The van der Waals surface area contributed by atoms with Gasteiger partial charge in [-0.15, -0.1) is 0 Å². The summed E-state index contributed by atoms with van der Waals surface area (Å²) in [5, 5.41) is 4.29. The molecule has 0 aliphatic rings. The van der Waals surface area contributed by atoms with E-state index in [1.807, 2.05) is 27.7 Å². The summed E-state index contributed by atoms with van der Waals surface area (Å²) in [7, 11) is -3.42. The highest BCUT2D eigenvalue weighted by Gasteiger charge is 2.27. The van der Waals surface area contributed by atoms with Gasteiger partial charge in [0, 0.05) is 25.3 Å². The summed E-state index contributed by atoms with van der Waals surface area (Å²) < 4.78 is 28.5. The number of aromatic nitrogens is 2. The van der Waals surface area contributed by atoms with Crippen LogP contribution in [-0.2, 0) is 10.0 Å². The van der Waals surface area contributed by atoms with Gasteiger partial charge in [0.15, 0.2) is 0 Å².